The van der Waals surface area contributed by atoms with E-state index in [-0.39, 0.29) is 6.04 Å². The highest BCUT2D eigenvalue weighted by Gasteiger charge is 2.27. The second kappa shape index (κ2) is 10.0. The lowest BCUT2D eigenvalue weighted by Gasteiger charge is -2.36. The number of aryl methyl sites for hydroxylation is 1. The Kier molecular flexibility index (Phi) is 6.94. The number of nitrogens with zero attached hydrogens (tertiary/aromatic N) is 2. The van der Waals surface area contributed by atoms with Gasteiger partial charge in [-0.05, 0) is 53.3 Å². The van der Waals surface area contributed by atoms with Crippen LogP contribution in [0.5, 0.6) is 0 Å². The number of anilines is 1. The summed E-state index contributed by atoms with van der Waals surface area (Å²) in [5.41, 5.74) is 5.61. The third kappa shape index (κ3) is 5.34. The first kappa shape index (κ1) is 22.8. The minimum absolute atomic E-state index is 0.0274. The number of hydrogen-bond donors (Lipinski definition) is 2. The third-order valence-electron chi connectivity index (χ3n) is 6.42. The van der Waals surface area contributed by atoms with Crippen molar-refractivity contribution in [3.8, 4) is 0 Å². The lowest BCUT2D eigenvalue weighted by atomic mass is 9.98. The normalized spacial score (nSPS) is 14.5. The zero-order valence-electron chi connectivity index (χ0n) is 19.5. The van der Waals surface area contributed by atoms with Gasteiger partial charge in [-0.2, -0.15) is 0 Å². The van der Waals surface area contributed by atoms with Crippen LogP contribution in [-0.2, 0) is 29.6 Å². The number of rotatable bonds is 6. The molecule has 172 valence electrons. The van der Waals surface area contributed by atoms with Gasteiger partial charge in [0.05, 0.1) is 6.04 Å². The molecule has 1 atom stereocenters. The minimum Gasteiger partial charge on any atom is -0.353 e. The van der Waals surface area contributed by atoms with E-state index in [1.54, 1.807) is 0 Å². The summed E-state index contributed by atoms with van der Waals surface area (Å²) in [4.78, 5) is 27.5. The second-order valence-corrected chi connectivity index (χ2v) is 8.99. The number of hydrogen-bond acceptors (Lipinski definition) is 3. The van der Waals surface area contributed by atoms with Crippen molar-refractivity contribution in [3.05, 3.63) is 89.2 Å². The number of benzene rings is 2. The molecule has 2 heterocycles. The summed E-state index contributed by atoms with van der Waals surface area (Å²) < 4.78 is 2.08. The van der Waals surface area contributed by atoms with Crippen LogP contribution in [0.2, 0.25) is 0 Å². The van der Waals surface area contributed by atoms with Crippen molar-refractivity contribution in [1.82, 2.24) is 14.8 Å². The zero-order valence-corrected chi connectivity index (χ0v) is 19.5. The molecule has 0 fully saturated rings. The zero-order chi connectivity index (χ0) is 23.4. The predicted octanol–water partition coefficient (Wildman–Crippen LogP) is 4.00. The van der Waals surface area contributed by atoms with E-state index in [2.05, 4.69) is 64.3 Å². The van der Waals surface area contributed by atoms with Gasteiger partial charge >= 0.3 is 11.8 Å². The molecule has 4 rings (SSSR count). The van der Waals surface area contributed by atoms with E-state index in [0.29, 0.717) is 18.2 Å². The van der Waals surface area contributed by atoms with E-state index in [1.165, 1.54) is 16.7 Å². The Morgan fingerprint density at radius 2 is 1.67 bits per heavy atom. The Balaban J connectivity index is 1.42. The van der Waals surface area contributed by atoms with Gasteiger partial charge in [-0.3, -0.25) is 14.5 Å². The average Bonchev–Trinajstić information content (AvgIpc) is 3.24. The van der Waals surface area contributed by atoms with Gasteiger partial charge < -0.3 is 15.2 Å². The highest BCUT2D eigenvalue weighted by molar-refractivity contribution is 6.39. The maximum absolute atomic E-state index is 12.6. The molecule has 6 heteroatoms. The van der Waals surface area contributed by atoms with Gasteiger partial charge in [-0.25, -0.2) is 0 Å². The van der Waals surface area contributed by atoms with Crippen LogP contribution in [0.4, 0.5) is 5.69 Å². The van der Waals surface area contributed by atoms with Crippen LogP contribution in [0.15, 0.2) is 66.9 Å². The Morgan fingerprint density at radius 1 is 0.939 bits per heavy atom. The van der Waals surface area contributed by atoms with Crippen LogP contribution >= 0.6 is 0 Å². The molecule has 0 saturated heterocycles. The van der Waals surface area contributed by atoms with E-state index < -0.39 is 11.8 Å². The quantitative estimate of drug-likeness (QED) is 0.565. The molecule has 2 aromatic carbocycles. The lowest BCUT2D eigenvalue weighted by molar-refractivity contribution is -0.136. The average molecular weight is 445 g/mol. The topological polar surface area (TPSA) is 66.4 Å². The van der Waals surface area contributed by atoms with Crippen LogP contribution in [0, 0.1) is 0 Å². The number of fused-ring (bicyclic) bond motifs is 1. The van der Waals surface area contributed by atoms with Crippen molar-refractivity contribution in [2.24, 2.45) is 7.05 Å². The second-order valence-electron chi connectivity index (χ2n) is 8.99. The van der Waals surface area contributed by atoms with E-state index in [1.807, 2.05) is 43.6 Å². The lowest BCUT2D eigenvalue weighted by Crippen LogP contribution is -2.44. The highest BCUT2D eigenvalue weighted by Crippen LogP contribution is 2.27. The fraction of sp³-hybridized carbons (Fsp3) is 0.333. The molecule has 33 heavy (non-hydrogen) atoms. The molecule has 0 bridgehead atoms. The number of aromatic nitrogens is 1. The van der Waals surface area contributed by atoms with Gasteiger partial charge in [0.25, 0.3) is 0 Å². The van der Waals surface area contributed by atoms with Crippen molar-refractivity contribution in [2.45, 2.75) is 38.8 Å². The van der Waals surface area contributed by atoms with Crippen LogP contribution in [0.1, 0.15) is 48.2 Å². The Bertz CT molecular complexity index is 1120. The molecular formula is C27H32N4O2. The van der Waals surface area contributed by atoms with Crippen LogP contribution in [0.25, 0.3) is 0 Å². The molecule has 3 aromatic rings. The SMILES string of the molecule is CC(C)c1ccc(NC(=O)C(=O)NCC(c2cccn2C)N2CCc3ccccc3C2)cc1. The van der Waals surface area contributed by atoms with Crippen molar-refractivity contribution >= 4 is 17.5 Å². The van der Waals surface area contributed by atoms with Gasteiger partial charge in [0.15, 0.2) is 0 Å². The van der Waals surface area contributed by atoms with E-state index >= 15 is 0 Å². The van der Waals surface area contributed by atoms with Crippen LogP contribution in [-0.4, -0.2) is 34.4 Å². The Morgan fingerprint density at radius 3 is 2.33 bits per heavy atom. The van der Waals surface area contributed by atoms with Crippen molar-refractivity contribution < 1.29 is 9.59 Å². The molecule has 2 N–H and O–H groups in total. The molecule has 1 aromatic heterocycles. The molecule has 2 amide bonds. The first-order chi connectivity index (χ1) is 15.9. The maximum Gasteiger partial charge on any atom is 0.313 e. The van der Waals surface area contributed by atoms with E-state index in [4.69, 9.17) is 0 Å². The summed E-state index contributed by atoms with van der Waals surface area (Å²) >= 11 is 0. The summed E-state index contributed by atoms with van der Waals surface area (Å²) in [6.45, 7) is 6.31. The predicted molar refractivity (Wildman–Crippen MR) is 131 cm³/mol. The van der Waals surface area contributed by atoms with Gasteiger partial charge in [-0.15, -0.1) is 0 Å². The summed E-state index contributed by atoms with van der Waals surface area (Å²) in [5, 5.41) is 5.56. The smallest absolute Gasteiger partial charge is 0.313 e. The number of carbonyl (C=O) groups excluding carboxylic acids is 2. The molecule has 6 nitrogen and oxygen atoms in total. The Hall–Kier alpha value is -3.38. The Labute approximate surface area is 195 Å². The van der Waals surface area contributed by atoms with Gasteiger partial charge in [0.2, 0.25) is 0 Å². The summed E-state index contributed by atoms with van der Waals surface area (Å²) in [6.07, 6.45) is 2.98. The fourth-order valence-corrected chi connectivity index (χ4v) is 4.43. The fourth-order valence-electron chi connectivity index (χ4n) is 4.43. The third-order valence-corrected chi connectivity index (χ3v) is 6.42. The molecule has 0 aliphatic carbocycles. The molecule has 0 radical (unpaired) electrons. The molecular weight excluding hydrogens is 412 g/mol. The minimum atomic E-state index is -0.651. The largest absolute Gasteiger partial charge is 0.353 e. The van der Waals surface area contributed by atoms with E-state index in [9.17, 15) is 9.59 Å². The molecule has 0 saturated carbocycles. The molecule has 1 unspecified atom stereocenters. The molecule has 1 aliphatic heterocycles. The first-order valence-electron chi connectivity index (χ1n) is 11.5. The summed E-state index contributed by atoms with van der Waals surface area (Å²) in [7, 11) is 2.01. The number of amides is 2. The monoisotopic (exact) mass is 444 g/mol. The molecule has 1 aliphatic rings. The van der Waals surface area contributed by atoms with Crippen molar-refractivity contribution in [3.63, 3.8) is 0 Å². The highest BCUT2D eigenvalue weighted by atomic mass is 16.2. The van der Waals surface area contributed by atoms with Gasteiger partial charge in [0, 0.05) is 44.3 Å². The van der Waals surface area contributed by atoms with Gasteiger partial charge in [-0.1, -0.05) is 50.2 Å². The van der Waals surface area contributed by atoms with Crippen LogP contribution < -0.4 is 10.6 Å². The summed E-state index contributed by atoms with van der Waals surface area (Å²) in [5.74, 6) is -0.865. The van der Waals surface area contributed by atoms with Crippen LogP contribution in [0.3, 0.4) is 0 Å². The molecule has 0 spiro atoms. The maximum atomic E-state index is 12.6. The van der Waals surface area contributed by atoms with Crippen molar-refractivity contribution in [1.29, 1.82) is 0 Å². The number of nitrogens with one attached hydrogen (secondary N) is 2. The standard InChI is InChI=1S/C27H32N4O2/c1-19(2)20-10-12-23(13-11-20)29-27(33)26(32)28-17-25(24-9-6-15-30(24)3)31-16-14-21-7-4-5-8-22(21)18-31/h4-13,15,19,25H,14,16-18H2,1-3H3,(H,28,32)(H,29,33). The van der Waals surface area contributed by atoms with Gasteiger partial charge in [0.1, 0.15) is 0 Å². The first-order valence-corrected chi connectivity index (χ1v) is 11.5. The van der Waals surface area contributed by atoms with Crippen molar-refractivity contribution in [2.75, 3.05) is 18.4 Å². The number of carbonyl (C=O) groups is 2. The summed E-state index contributed by atoms with van der Waals surface area (Å²) in [6, 6.07) is 20.2. The van der Waals surface area contributed by atoms with E-state index in [0.717, 1.165) is 25.2 Å².